The summed E-state index contributed by atoms with van der Waals surface area (Å²) in [6.45, 7) is 1.83. The molecule has 0 saturated carbocycles. The van der Waals surface area contributed by atoms with Gasteiger partial charge in [-0.2, -0.15) is 4.98 Å². The summed E-state index contributed by atoms with van der Waals surface area (Å²) >= 11 is 0. The van der Waals surface area contributed by atoms with Crippen molar-refractivity contribution in [1.82, 2.24) is 20.1 Å². The number of nitrogens with one attached hydrogen (secondary N) is 1. The number of aromatic amines is 1. The maximum absolute atomic E-state index is 5.50. The molecule has 26 heavy (non-hydrogen) atoms. The van der Waals surface area contributed by atoms with Crippen molar-refractivity contribution in [1.29, 1.82) is 0 Å². The second kappa shape index (κ2) is 5.84. The Kier molecular flexibility index (Phi) is 3.35. The molecule has 0 bridgehead atoms. The molecular formula is C20H16N4O2. The normalized spacial score (nSPS) is 11.6. The lowest BCUT2D eigenvalue weighted by molar-refractivity contribution is 0.379. The van der Waals surface area contributed by atoms with E-state index in [2.05, 4.69) is 32.2 Å². The first-order valence-electron chi connectivity index (χ1n) is 8.51. The number of benzene rings is 2. The summed E-state index contributed by atoms with van der Waals surface area (Å²) in [5, 5.41) is 5.35. The zero-order valence-corrected chi connectivity index (χ0v) is 14.2. The van der Waals surface area contributed by atoms with Gasteiger partial charge in [0.05, 0.1) is 0 Å². The van der Waals surface area contributed by atoms with E-state index in [1.807, 2.05) is 43.5 Å². The van der Waals surface area contributed by atoms with E-state index >= 15 is 0 Å². The molecule has 2 aromatic carbocycles. The number of aromatic nitrogens is 4. The number of hydrogen-bond acceptors (Lipinski definition) is 5. The lowest BCUT2D eigenvalue weighted by Gasteiger charge is -1.96. The number of hydrogen-bond donors (Lipinski definition) is 1. The fourth-order valence-corrected chi connectivity index (χ4v) is 3.24. The minimum atomic E-state index is 0.571. The lowest BCUT2D eigenvalue weighted by atomic mass is 10.1. The van der Waals surface area contributed by atoms with Crippen LogP contribution in [0.1, 0.15) is 17.3 Å². The molecule has 128 valence electrons. The standard InChI is InChI=1S/C20H16N4O2/c1-12-22-17-10-13(6-8-18(17)25-12)20-23-19(26-24-20)9-7-14-11-21-16-5-3-2-4-15(14)16/h2-6,8,10-11,21H,7,9H2,1H3. The molecular weight excluding hydrogens is 328 g/mol. The average molecular weight is 344 g/mol. The molecule has 6 nitrogen and oxygen atoms in total. The number of nitrogens with zero attached hydrogens (tertiary/aromatic N) is 3. The van der Waals surface area contributed by atoms with Crippen LogP contribution in [0.2, 0.25) is 0 Å². The highest BCUT2D eigenvalue weighted by molar-refractivity contribution is 5.83. The largest absolute Gasteiger partial charge is 0.441 e. The van der Waals surface area contributed by atoms with E-state index < -0.39 is 0 Å². The fourth-order valence-electron chi connectivity index (χ4n) is 3.24. The monoisotopic (exact) mass is 344 g/mol. The molecule has 0 aliphatic carbocycles. The summed E-state index contributed by atoms with van der Waals surface area (Å²) in [6, 6.07) is 14.0. The van der Waals surface area contributed by atoms with E-state index in [0.29, 0.717) is 24.0 Å². The first-order chi connectivity index (χ1) is 12.8. The van der Waals surface area contributed by atoms with Crippen molar-refractivity contribution in [3.63, 3.8) is 0 Å². The predicted octanol–water partition coefficient (Wildman–Crippen LogP) is 4.45. The second-order valence-corrected chi connectivity index (χ2v) is 6.29. The Labute approximate surface area is 148 Å². The number of rotatable bonds is 4. The van der Waals surface area contributed by atoms with Gasteiger partial charge in [-0.05, 0) is 36.2 Å². The van der Waals surface area contributed by atoms with E-state index in [-0.39, 0.29) is 0 Å². The molecule has 5 rings (SSSR count). The Morgan fingerprint density at radius 1 is 1.04 bits per heavy atom. The number of oxazole rings is 1. The quantitative estimate of drug-likeness (QED) is 0.521. The number of para-hydroxylation sites is 1. The molecule has 0 saturated heterocycles. The Balaban J connectivity index is 1.37. The van der Waals surface area contributed by atoms with Crippen LogP contribution in [-0.2, 0) is 12.8 Å². The van der Waals surface area contributed by atoms with Gasteiger partial charge in [0.15, 0.2) is 11.5 Å². The molecule has 0 fully saturated rings. The molecule has 3 heterocycles. The van der Waals surface area contributed by atoms with Gasteiger partial charge in [0, 0.05) is 36.0 Å². The van der Waals surface area contributed by atoms with Crippen LogP contribution in [0.5, 0.6) is 0 Å². The zero-order chi connectivity index (χ0) is 17.5. The van der Waals surface area contributed by atoms with E-state index in [0.717, 1.165) is 28.6 Å². The van der Waals surface area contributed by atoms with Gasteiger partial charge in [0.25, 0.3) is 0 Å². The molecule has 0 radical (unpaired) electrons. The average Bonchev–Trinajstić information content (AvgIpc) is 3.36. The van der Waals surface area contributed by atoms with Crippen molar-refractivity contribution in [2.75, 3.05) is 0 Å². The third-order valence-corrected chi connectivity index (χ3v) is 4.50. The maximum Gasteiger partial charge on any atom is 0.227 e. The maximum atomic E-state index is 5.50. The van der Waals surface area contributed by atoms with Crippen LogP contribution in [0.3, 0.4) is 0 Å². The van der Waals surface area contributed by atoms with Gasteiger partial charge in [-0.1, -0.05) is 23.4 Å². The Morgan fingerprint density at radius 3 is 2.92 bits per heavy atom. The van der Waals surface area contributed by atoms with E-state index in [9.17, 15) is 0 Å². The Morgan fingerprint density at radius 2 is 1.96 bits per heavy atom. The molecule has 0 aliphatic heterocycles. The smallest absolute Gasteiger partial charge is 0.227 e. The number of fused-ring (bicyclic) bond motifs is 2. The van der Waals surface area contributed by atoms with Crippen molar-refractivity contribution in [2.45, 2.75) is 19.8 Å². The molecule has 0 atom stereocenters. The second-order valence-electron chi connectivity index (χ2n) is 6.29. The van der Waals surface area contributed by atoms with E-state index in [1.54, 1.807) is 0 Å². The zero-order valence-electron chi connectivity index (χ0n) is 14.2. The van der Waals surface area contributed by atoms with Gasteiger partial charge in [-0.15, -0.1) is 0 Å². The molecule has 0 spiro atoms. The van der Waals surface area contributed by atoms with Gasteiger partial charge >= 0.3 is 0 Å². The number of H-pyrrole nitrogens is 1. The highest BCUT2D eigenvalue weighted by atomic mass is 16.5. The molecule has 5 aromatic rings. The highest BCUT2D eigenvalue weighted by Gasteiger charge is 2.12. The SMILES string of the molecule is Cc1nc2cc(-c3noc(CCc4c[nH]c5ccccc45)n3)ccc2o1. The van der Waals surface area contributed by atoms with Crippen LogP contribution < -0.4 is 0 Å². The Hall–Kier alpha value is -3.41. The van der Waals surface area contributed by atoms with Gasteiger partial charge in [0.1, 0.15) is 5.52 Å². The van der Waals surface area contributed by atoms with Crippen molar-refractivity contribution < 1.29 is 8.94 Å². The van der Waals surface area contributed by atoms with Crippen LogP contribution in [-0.4, -0.2) is 20.1 Å². The topological polar surface area (TPSA) is 80.7 Å². The Bertz CT molecular complexity index is 1210. The van der Waals surface area contributed by atoms with Crippen LogP contribution >= 0.6 is 0 Å². The number of aryl methyl sites for hydroxylation is 3. The van der Waals surface area contributed by atoms with Crippen LogP contribution in [0.15, 0.2) is 57.6 Å². The van der Waals surface area contributed by atoms with Gasteiger partial charge in [-0.3, -0.25) is 0 Å². The summed E-state index contributed by atoms with van der Waals surface area (Å²) < 4.78 is 10.9. The first kappa shape index (κ1) is 14.9. The van der Waals surface area contributed by atoms with Crippen LogP contribution in [0.25, 0.3) is 33.4 Å². The summed E-state index contributed by atoms with van der Waals surface area (Å²) in [5.41, 5.74) is 4.82. The first-order valence-corrected chi connectivity index (χ1v) is 8.51. The summed E-state index contributed by atoms with van der Waals surface area (Å²) in [5.74, 6) is 1.84. The fraction of sp³-hybridized carbons (Fsp3) is 0.150. The highest BCUT2D eigenvalue weighted by Crippen LogP contribution is 2.24. The van der Waals surface area contributed by atoms with Crippen molar-refractivity contribution >= 4 is 22.0 Å². The third kappa shape index (κ3) is 2.56. The predicted molar refractivity (Wildman–Crippen MR) is 97.7 cm³/mol. The van der Waals surface area contributed by atoms with Crippen molar-refractivity contribution in [3.05, 3.63) is 66.0 Å². The van der Waals surface area contributed by atoms with Gasteiger partial charge < -0.3 is 13.9 Å². The van der Waals surface area contributed by atoms with Gasteiger partial charge in [-0.25, -0.2) is 4.98 Å². The molecule has 6 heteroatoms. The molecule has 0 aliphatic rings. The summed E-state index contributed by atoms with van der Waals surface area (Å²) in [7, 11) is 0. The van der Waals surface area contributed by atoms with Crippen LogP contribution in [0.4, 0.5) is 0 Å². The van der Waals surface area contributed by atoms with Crippen molar-refractivity contribution in [2.24, 2.45) is 0 Å². The van der Waals surface area contributed by atoms with Crippen LogP contribution in [0, 0.1) is 6.92 Å². The molecule has 0 unspecified atom stereocenters. The molecule has 0 amide bonds. The van der Waals surface area contributed by atoms with E-state index in [1.165, 1.54) is 10.9 Å². The lowest BCUT2D eigenvalue weighted by Crippen LogP contribution is -1.91. The molecule has 1 N–H and O–H groups in total. The van der Waals surface area contributed by atoms with Crippen molar-refractivity contribution in [3.8, 4) is 11.4 Å². The minimum Gasteiger partial charge on any atom is -0.441 e. The minimum absolute atomic E-state index is 0.571. The third-order valence-electron chi connectivity index (χ3n) is 4.50. The molecule has 3 aromatic heterocycles. The summed E-state index contributed by atoms with van der Waals surface area (Å²) in [6.07, 6.45) is 3.58. The summed E-state index contributed by atoms with van der Waals surface area (Å²) in [4.78, 5) is 12.2. The van der Waals surface area contributed by atoms with Gasteiger partial charge in [0.2, 0.25) is 11.7 Å². The van der Waals surface area contributed by atoms with E-state index in [4.69, 9.17) is 8.94 Å².